The summed E-state index contributed by atoms with van der Waals surface area (Å²) in [5.74, 6) is 0.732. The Morgan fingerprint density at radius 2 is 1.65 bits per heavy atom. The lowest BCUT2D eigenvalue weighted by molar-refractivity contribution is 0.0387. The third kappa shape index (κ3) is 3.55. The molecule has 23 heavy (non-hydrogen) atoms. The van der Waals surface area contributed by atoms with Crippen LogP contribution in [0, 0.1) is 0 Å². The maximum atomic E-state index is 11.2. The van der Waals surface area contributed by atoms with Gasteiger partial charge in [0.05, 0.1) is 13.2 Å². The van der Waals surface area contributed by atoms with Crippen LogP contribution < -0.4 is 10.1 Å². The largest absolute Gasteiger partial charge is 0.496 e. The molecule has 2 aromatic carbocycles. The molecule has 2 N–H and O–H groups in total. The zero-order valence-corrected chi connectivity index (χ0v) is 13.5. The lowest BCUT2D eigenvalue weighted by Crippen LogP contribution is -2.46. The first-order valence-electron chi connectivity index (χ1n) is 8.12. The molecule has 0 spiro atoms. The minimum atomic E-state index is -0.633. The Bertz CT molecular complexity index is 612. The Kier molecular flexibility index (Phi) is 5.28. The van der Waals surface area contributed by atoms with E-state index in [1.54, 1.807) is 7.11 Å². The van der Waals surface area contributed by atoms with Crippen LogP contribution in [0.4, 0.5) is 0 Å². The van der Waals surface area contributed by atoms with E-state index in [1.165, 1.54) is 0 Å². The first kappa shape index (κ1) is 16.0. The van der Waals surface area contributed by atoms with Gasteiger partial charge in [-0.3, -0.25) is 4.90 Å². The van der Waals surface area contributed by atoms with E-state index in [9.17, 15) is 5.11 Å². The topological polar surface area (TPSA) is 44.7 Å². The quantitative estimate of drug-likeness (QED) is 0.890. The van der Waals surface area contributed by atoms with Crippen LogP contribution in [0.2, 0.25) is 0 Å². The number of ether oxygens (including phenoxy) is 1. The van der Waals surface area contributed by atoms with Crippen LogP contribution in [0.5, 0.6) is 5.75 Å². The fraction of sp³-hybridized carbons (Fsp3) is 0.368. The number of nitrogens with one attached hydrogen (secondary N) is 1. The van der Waals surface area contributed by atoms with Gasteiger partial charge in [0.25, 0.3) is 0 Å². The van der Waals surface area contributed by atoms with E-state index < -0.39 is 6.10 Å². The highest BCUT2D eigenvalue weighted by Gasteiger charge is 2.31. The van der Waals surface area contributed by atoms with Gasteiger partial charge in [-0.25, -0.2) is 0 Å². The third-order valence-electron chi connectivity index (χ3n) is 4.44. The molecular formula is C19H24N2O2. The molecular weight excluding hydrogens is 288 g/mol. The van der Waals surface area contributed by atoms with Crippen LogP contribution in [0.1, 0.15) is 23.3 Å². The molecule has 1 aliphatic rings. The number of aliphatic hydroxyl groups excluding tert-OH is 1. The van der Waals surface area contributed by atoms with E-state index >= 15 is 0 Å². The minimum absolute atomic E-state index is 0.0744. The summed E-state index contributed by atoms with van der Waals surface area (Å²) in [4.78, 5) is 2.35. The summed E-state index contributed by atoms with van der Waals surface area (Å²) in [5.41, 5.74) is 1.97. The summed E-state index contributed by atoms with van der Waals surface area (Å²) < 4.78 is 5.45. The average Bonchev–Trinajstić information content (AvgIpc) is 2.63. The maximum absolute atomic E-state index is 11.2. The van der Waals surface area contributed by atoms with E-state index in [2.05, 4.69) is 22.3 Å². The molecule has 4 heteroatoms. The van der Waals surface area contributed by atoms with Gasteiger partial charge in [0, 0.05) is 31.7 Å². The fourth-order valence-corrected chi connectivity index (χ4v) is 3.28. The summed E-state index contributed by atoms with van der Waals surface area (Å²) in [7, 11) is 1.65. The van der Waals surface area contributed by atoms with Crippen molar-refractivity contribution in [1.82, 2.24) is 10.2 Å². The predicted molar refractivity (Wildman–Crippen MR) is 91.6 cm³/mol. The normalized spacial score (nSPS) is 18.3. The Morgan fingerprint density at radius 3 is 2.35 bits per heavy atom. The molecule has 0 unspecified atom stereocenters. The lowest BCUT2D eigenvalue weighted by atomic mass is 9.93. The summed E-state index contributed by atoms with van der Waals surface area (Å²) in [5, 5.41) is 14.5. The maximum Gasteiger partial charge on any atom is 0.124 e. The minimum Gasteiger partial charge on any atom is -0.496 e. The number of benzene rings is 2. The molecule has 0 amide bonds. The van der Waals surface area contributed by atoms with Crippen molar-refractivity contribution in [3.63, 3.8) is 0 Å². The molecule has 0 aliphatic carbocycles. The SMILES string of the molecule is COc1ccccc1[C@H](O)[C@H](c1ccccc1)N1CCNCC1. The summed E-state index contributed by atoms with van der Waals surface area (Å²) >= 11 is 0. The molecule has 1 saturated heterocycles. The Labute approximate surface area is 137 Å². The zero-order chi connectivity index (χ0) is 16.1. The Hall–Kier alpha value is -1.88. The van der Waals surface area contributed by atoms with Crippen molar-refractivity contribution < 1.29 is 9.84 Å². The van der Waals surface area contributed by atoms with E-state index in [0.717, 1.165) is 43.1 Å². The van der Waals surface area contributed by atoms with Gasteiger partial charge < -0.3 is 15.2 Å². The van der Waals surface area contributed by atoms with Crippen LogP contribution in [0.15, 0.2) is 54.6 Å². The summed E-state index contributed by atoms with van der Waals surface area (Å²) in [6.07, 6.45) is -0.633. The number of rotatable bonds is 5. The van der Waals surface area contributed by atoms with Crippen LogP contribution in [0.3, 0.4) is 0 Å². The monoisotopic (exact) mass is 312 g/mol. The molecule has 0 aromatic heterocycles. The zero-order valence-electron chi connectivity index (χ0n) is 13.5. The molecule has 1 aliphatic heterocycles. The second-order valence-corrected chi connectivity index (χ2v) is 5.83. The Morgan fingerprint density at radius 1 is 1.00 bits per heavy atom. The predicted octanol–water partition coefficient (Wildman–Crippen LogP) is 2.38. The van der Waals surface area contributed by atoms with Crippen LogP contribution in [-0.4, -0.2) is 43.3 Å². The molecule has 2 aromatic rings. The van der Waals surface area contributed by atoms with Crippen molar-refractivity contribution in [3.05, 3.63) is 65.7 Å². The second-order valence-electron chi connectivity index (χ2n) is 5.83. The molecule has 122 valence electrons. The average molecular weight is 312 g/mol. The van der Waals surface area contributed by atoms with Crippen molar-refractivity contribution in [2.24, 2.45) is 0 Å². The van der Waals surface area contributed by atoms with Crippen molar-refractivity contribution in [3.8, 4) is 5.75 Å². The fourth-order valence-electron chi connectivity index (χ4n) is 3.28. The number of nitrogens with zero attached hydrogens (tertiary/aromatic N) is 1. The van der Waals surface area contributed by atoms with Crippen LogP contribution in [0.25, 0.3) is 0 Å². The molecule has 0 saturated carbocycles. The van der Waals surface area contributed by atoms with Crippen molar-refractivity contribution in [2.45, 2.75) is 12.1 Å². The molecule has 0 bridgehead atoms. The van der Waals surface area contributed by atoms with Gasteiger partial charge >= 0.3 is 0 Å². The Balaban J connectivity index is 1.97. The van der Waals surface area contributed by atoms with Gasteiger partial charge in [-0.05, 0) is 11.6 Å². The van der Waals surface area contributed by atoms with Gasteiger partial charge in [-0.15, -0.1) is 0 Å². The highest BCUT2D eigenvalue weighted by molar-refractivity contribution is 5.37. The molecule has 3 rings (SSSR count). The van der Waals surface area contributed by atoms with Crippen molar-refractivity contribution in [2.75, 3.05) is 33.3 Å². The van der Waals surface area contributed by atoms with Gasteiger partial charge in [0.2, 0.25) is 0 Å². The number of methoxy groups -OCH3 is 1. The van der Waals surface area contributed by atoms with E-state index in [-0.39, 0.29) is 6.04 Å². The van der Waals surface area contributed by atoms with Gasteiger partial charge in [-0.2, -0.15) is 0 Å². The number of para-hydroxylation sites is 1. The van der Waals surface area contributed by atoms with Crippen LogP contribution >= 0.6 is 0 Å². The third-order valence-corrected chi connectivity index (χ3v) is 4.44. The van der Waals surface area contributed by atoms with Gasteiger partial charge in [-0.1, -0.05) is 48.5 Å². The highest BCUT2D eigenvalue weighted by atomic mass is 16.5. The van der Waals surface area contributed by atoms with Crippen molar-refractivity contribution >= 4 is 0 Å². The first-order chi connectivity index (χ1) is 11.3. The number of hydrogen-bond donors (Lipinski definition) is 2. The van der Waals surface area contributed by atoms with E-state index in [0.29, 0.717) is 0 Å². The standard InChI is InChI=1S/C19H24N2O2/c1-23-17-10-6-5-9-16(17)19(22)18(15-7-3-2-4-8-15)21-13-11-20-12-14-21/h2-10,18-20,22H,11-14H2,1H3/t18-,19-/m0/s1. The van der Waals surface area contributed by atoms with E-state index in [1.807, 2.05) is 42.5 Å². The molecule has 1 heterocycles. The number of aliphatic hydroxyl groups is 1. The highest BCUT2D eigenvalue weighted by Crippen LogP contribution is 2.37. The molecule has 1 fully saturated rings. The lowest BCUT2D eigenvalue weighted by Gasteiger charge is -2.38. The second kappa shape index (κ2) is 7.59. The number of piperazine rings is 1. The summed E-state index contributed by atoms with van der Waals surface area (Å²) in [6.45, 7) is 3.74. The smallest absolute Gasteiger partial charge is 0.124 e. The van der Waals surface area contributed by atoms with E-state index in [4.69, 9.17) is 4.74 Å². The van der Waals surface area contributed by atoms with Crippen LogP contribution in [-0.2, 0) is 0 Å². The summed E-state index contributed by atoms with van der Waals surface area (Å²) in [6, 6.07) is 17.9. The van der Waals surface area contributed by atoms with Crippen molar-refractivity contribution in [1.29, 1.82) is 0 Å². The van der Waals surface area contributed by atoms with Gasteiger partial charge in [0.1, 0.15) is 11.9 Å². The first-order valence-corrected chi connectivity index (χ1v) is 8.12. The van der Waals surface area contributed by atoms with Gasteiger partial charge in [0.15, 0.2) is 0 Å². The molecule has 2 atom stereocenters. The molecule has 4 nitrogen and oxygen atoms in total. The molecule has 0 radical (unpaired) electrons. The number of hydrogen-bond acceptors (Lipinski definition) is 4.